The maximum absolute atomic E-state index is 14.1. The molecule has 7 nitrogen and oxygen atoms in total. The van der Waals surface area contributed by atoms with Crippen molar-refractivity contribution in [3.8, 4) is 11.1 Å². The number of carbonyl (C=O) groups excluding carboxylic acids is 1. The summed E-state index contributed by atoms with van der Waals surface area (Å²) in [5.74, 6) is -0.165. The van der Waals surface area contributed by atoms with E-state index < -0.39 is 5.67 Å². The molecular formula is C25H30FN5O2. The van der Waals surface area contributed by atoms with Crippen LogP contribution in [-0.2, 0) is 11.3 Å². The summed E-state index contributed by atoms with van der Waals surface area (Å²) in [7, 11) is 0. The third-order valence-corrected chi connectivity index (χ3v) is 6.77. The molecule has 2 saturated heterocycles. The van der Waals surface area contributed by atoms with E-state index in [2.05, 4.69) is 31.5 Å². The van der Waals surface area contributed by atoms with Gasteiger partial charge < -0.3 is 10.1 Å². The Labute approximate surface area is 192 Å². The molecule has 1 aromatic carbocycles. The number of hydrogen-bond acceptors (Lipinski definition) is 5. The predicted octanol–water partition coefficient (Wildman–Crippen LogP) is 3.86. The highest BCUT2D eigenvalue weighted by molar-refractivity contribution is 6.05. The maximum Gasteiger partial charge on any atom is 0.272 e. The van der Waals surface area contributed by atoms with Crippen LogP contribution in [0, 0.1) is 0 Å². The monoisotopic (exact) mass is 451 g/mol. The summed E-state index contributed by atoms with van der Waals surface area (Å²) in [5.41, 5.74) is 3.24. The van der Waals surface area contributed by atoms with Crippen LogP contribution in [-0.4, -0.2) is 64.0 Å². The van der Waals surface area contributed by atoms with Gasteiger partial charge in [-0.25, -0.2) is 4.39 Å². The Hall–Kier alpha value is -2.84. The van der Waals surface area contributed by atoms with Crippen LogP contribution in [0.5, 0.6) is 0 Å². The topological polar surface area (TPSA) is 83.1 Å². The standard InChI is InChI=1S/C25H30FN5O2/c1-25(26)6-8-31(9-7-25)16-17-12-19(15-27-14-17)18-2-3-22-21(13-18)23(30-29-22)24(32)28-20-4-10-33-11-5-20/h2-3,12-15,20H,4-11,16H2,1H3,(H,28,32)(H,29,30). The Morgan fingerprint density at radius 3 is 2.79 bits per heavy atom. The van der Waals surface area contributed by atoms with Gasteiger partial charge in [-0.2, -0.15) is 5.10 Å². The van der Waals surface area contributed by atoms with Gasteiger partial charge in [0.2, 0.25) is 0 Å². The number of piperidine rings is 1. The minimum absolute atomic E-state index is 0.118. The van der Waals surface area contributed by atoms with E-state index >= 15 is 0 Å². The first-order valence-corrected chi connectivity index (χ1v) is 11.7. The van der Waals surface area contributed by atoms with E-state index in [4.69, 9.17) is 4.74 Å². The van der Waals surface area contributed by atoms with E-state index in [9.17, 15) is 9.18 Å². The average Bonchev–Trinajstić information content (AvgIpc) is 3.25. The van der Waals surface area contributed by atoms with Crippen LogP contribution in [0.15, 0.2) is 36.7 Å². The van der Waals surface area contributed by atoms with Gasteiger partial charge in [0.15, 0.2) is 5.69 Å². The summed E-state index contributed by atoms with van der Waals surface area (Å²) in [6.07, 6.45) is 6.47. The first-order valence-electron chi connectivity index (χ1n) is 11.7. The number of carbonyl (C=O) groups is 1. The van der Waals surface area contributed by atoms with Crippen molar-refractivity contribution < 1.29 is 13.9 Å². The molecule has 0 spiro atoms. The number of ether oxygens (including phenoxy) is 1. The normalized spacial score (nSPS) is 19.6. The fraction of sp³-hybridized carbons (Fsp3) is 0.480. The minimum atomic E-state index is -1.05. The Bertz CT molecular complexity index is 1130. The van der Waals surface area contributed by atoms with E-state index in [0.717, 1.165) is 60.1 Å². The summed E-state index contributed by atoms with van der Waals surface area (Å²) >= 11 is 0. The van der Waals surface area contributed by atoms with Crippen molar-refractivity contribution in [1.29, 1.82) is 0 Å². The molecule has 4 heterocycles. The van der Waals surface area contributed by atoms with Crippen molar-refractivity contribution in [2.45, 2.75) is 50.9 Å². The first-order chi connectivity index (χ1) is 16.0. The number of aromatic nitrogens is 3. The third kappa shape index (κ3) is 5.07. The molecule has 2 aliphatic rings. The van der Waals surface area contributed by atoms with Gasteiger partial charge in [-0.05, 0) is 61.9 Å². The summed E-state index contributed by atoms with van der Waals surface area (Å²) in [6, 6.07) is 8.19. The average molecular weight is 452 g/mol. The van der Waals surface area contributed by atoms with Crippen molar-refractivity contribution in [2.75, 3.05) is 26.3 Å². The van der Waals surface area contributed by atoms with Crippen molar-refractivity contribution in [1.82, 2.24) is 25.4 Å². The van der Waals surface area contributed by atoms with Gasteiger partial charge in [0.1, 0.15) is 5.67 Å². The van der Waals surface area contributed by atoms with E-state index in [-0.39, 0.29) is 11.9 Å². The van der Waals surface area contributed by atoms with Crippen LogP contribution in [0.3, 0.4) is 0 Å². The summed E-state index contributed by atoms with van der Waals surface area (Å²) < 4.78 is 19.5. The number of likely N-dealkylation sites (tertiary alicyclic amines) is 1. The number of amides is 1. The largest absolute Gasteiger partial charge is 0.381 e. The number of fused-ring (bicyclic) bond motifs is 1. The molecule has 0 bridgehead atoms. The van der Waals surface area contributed by atoms with Gasteiger partial charge in [-0.15, -0.1) is 0 Å². The number of aromatic amines is 1. The second-order valence-electron chi connectivity index (χ2n) is 9.46. The number of nitrogens with zero attached hydrogens (tertiary/aromatic N) is 3. The second-order valence-corrected chi connectivity index (χ2v) is 9.46. The molecule has 0 aliphatic carbocycles. The highest BCUT2D eigenvalue weighted by Crippen LogP contribution is 2.28. The van der Waals surface area contributed by atoms with Gasteiger partial charge in [0, 0.05) is 62.2 Å². The van der Waals surface area contributed by atoms with Gasteiger partial charge in [0.05, 0.1) is 5.52 Å². The SMILES string of the molecule is CC1(F)CCN(Cc2cncc(-c3ccc4[nH]nc(C(=O)NC5CCOCC5)c4c3)c2)CC1. The molecule has 0 atom stereocenters. The molecule has 8 heteroatoms. The molecule has 0 unspecified atom stereocenters. The smallest absolute Gasteiger partial charge is 0.272 e. The van der Waals surface area contributed by atoms with E-state index in [1.165, 1.54) is 0 Å². The van der Waals surface area contributed by atoms with Crippen molar-refractivity contribution in [2.24, 2.45) is 0 Å². The number of alkyl halides is 1. The third-order valence-electron chi connectivity index (χ3n) is 6.77. The highest BCUT2D eigenvalue weighted by atomic mass is 19.1. The molecular weight excluding hydrogens is 421 g/mol. The fourth-order valence-corrected chi connectivity index (χ4v) is 4.63. The van der Waals surface area contributed by atoms with Gasteiger partial charge in [-0.1, -0.05) is 6.07 Å². The quantitative estimate of drug-likeness (QED) is 0.616. The lowest BCUT2D eigenvalue weighted by atomic mass is 9.95. The zero-order valence-electron chi connectivity index (χ0n) is 18.9. The maximum atomic E-state index is 14.1. The Kier molecular flexibility index (Phi) is 6.12. The zero-order chi connectivity index (χ0) is 22.8. The molecule has 2 N–H and O–H groups in total. The summed E-state index contributed by atoms with van der Waals surface area (Å²) in [5, 5.41) is 11.1. The van der Waals surface area contributed by atoms with Crippen LogP contribution in [0.4, 0.5) is 4.39 Å². The highest BCUT2D eigenvalue weighted by Gasteiger charge is 2.29. The van der Waals surface area contributed by atoms with Gasteiger partial charge in [0.25, 0.3) is 5.91 Å². The number of hydrogen-bond donors (Lipinski definition) is 2. The molecule has 3 aromatic rings. The molecule has 174 valence electrons. The summed E-state index contributed by atoms with van der Waals surface area (Å²) in [6.45, 7) is 5.29. The molecule has 0 saturated carbocycles. The van der Waals surface area contributed by atoms with Crippen molar-refractivity contribution in [3.05, 3.63) is 47.9 Å². The molecule has 0 radical (unpaired) electrons. The number of halogens is 1. The van der Waals surface area contributed by atoms with Crippen LogP contribution < -0.4 is 5.32 Å². The molecule has 2 fully saturated rings. The number of rotatable bonds is 5. The molecule has 33 heavy (non-hydrogen) atoms. The molecule has 1 amide bonds. The lowest BCUT2D eigenvalue weighted by molar-refractivity contribution is 0.0693. The van der Waals surface area contributed by atoms with Crippen LogP contribution in [0.25, 0.3) is 22.0 Å². The van der Waals surface area contributed by atoms with Gasteiger partial charge in [-0.3, -0.25) is 19.8 Å². The van der Waals surface area contributed by atoms with Crippen LogP contribution >= 0.6 is 0 Å². The minimum Gasteiger partial charge on any atom is -0.381 e. The predicted molar refractivity (Wildman–Crippen MR) is 125 cm³/mol. The summed E-state index contributed by atoms with van der Waals surface area (Å²) in [4.78, 5) is 19.6. The van der Waals surface area contributed by atoms with E-state index in [1.54, 1.807) is 6.92 Å². The second kappa shape index (κ2) is 9.19. The lowest BCUT2D eigenvalue weighted by Crippen LogP contribution is -2.39. The Morgan fingerprint density at radius 2 is 2.00 bits per heavy atom. The number of H-pyrrole nitrogens is 1. The first kappa shape index (κ1) is 22.0. The van der Waals surface area contributed by atoms with Gasteiger partial charge >= 0.3 is 0 Å². The van der Waals surface area contributed by atoms with Crippen LogP contribution in [0.2, 0.25) is 0 Å². The fourth-order valence-electron chi connectivity index (χ4n) is 4.63. The molecule has 5 rings (SSSR count). The zero-order valence-corrected chi connectivity index (χ0v) is 18.9. The number of nitrogens with one attached hydrogen (secondary N) is 2. The van der Waals surface area contributed by atoms with Crippen molar-refractivity contribution >= 4 is 16.8 Å². The van der Waals surface area contributed by atoms with Crippen molar-refractivity contribution in [3.63, 3.8) is 0 Å². The van der Waals surface area contributed by atoms with E-state index in [0.29, 0.717) is 31.7 Å². The number of pyridine rings is 1. The Balaban J connectivity index is 1.34. The molecule has 2 aliphatic heterocycles. The lowest BCUT2D eigenvalue weighted by Gasteiger charge is -2.34. The van der Waals surface area contributed by atoms with Crippen LogP contribution in [0.1, 0.15) is 48.7 Å². The Morgan fingerprint density at radius 1 is 1.21 bits per heavy atom. The number of benzene rings is 1. The van der Waals surface area contributed by atoms with E-state index in [1.807, 2.05) is 30.6 Å². The molecule has 2 aromatic heterocycles.